The van der Waals surface area contributed by atoms with E-state index in [2.05, 4.69) is 6.92 Å². The van der Waals surface area contributed by atoms with Gasteiger partial charge < -0.3 is 9.64 Å². The van der Waals surface area contributed by atoms with E-state index in [1.54, 1.807) is 13.2 Å². The molecule has 26 heavy (non-hydrogen) atoms. The van der Waals surface area contributed by atoms with Gasteiger partial charge in [0.2, 0.25) is 5.91 Å². The van der Waals surface area contributed by atoms with Gasteiger partial charge in [0.05, 0.1) is 7.11 Å². The van der Waals surface area contributed by atoms with Gasteiger partial charge in [-0.2, -0.15) is 0 Å². The third kappa shape index (κ3) is 4.84. The zero-order chi connectivity index (χ0) is 18.5. The van der Waals surface area contributed by atoms with E-state index in [4.69, 9.17) is 4.74 Å². The van der Waals surface area contributed by atoms with Crippen LogP contribution in [-0.2, 0) is 17.8 Å². The van der Waals surface area contributed by atoms with Crippen molar-refractivity contribution in [2.75, 3.05) is 7.11 Å². The Bertz CT molecular complexity index is 740. The highest BCUT2D eigenvalue weighted by Crippen LogP contribution is 2.36. The summed E-state index contributed by atoms with van der Waals surface area (Å²) in [5, 5.41) is 0. The SMILES string of the molecule is COc1ccc(CN(C(=O)CCc2cccc(F)c2)C(C)C2CC2)cc1. The molecule has 0 N–H and O–H groups in total. The van der Waals surface area contributed by atoms with Crippen molar-refractivity contribution in [1.82, 2.24) is 4.90 Å². The summed E-state index contributed by atoms with van der Waals surface area (Å²) in [6.07, 6.45) is 3.35. The van der Waals surface area contributed by atoms with Crippen LogP contribution in [-0.4, -0.2) is 24.0 Å². The summed E-state index contributed by atoms with van der Waals surface area (Å²) in [5.41, 5.74) is 1.96. The van der Waals surface area contributed by atoms with Crippen molar-refractivity contribution in [1.29, 1.82) is 0 Å². The lowest BCUT2D eigenvalue weighted by molar-refractivity contribution is -0.134. The monoisotopic (exact) mass is 355 g/mol. The second kappa shape index (κ2) is 8.35. The van der Waals surface area contributed by atoms with Gasteiger partial charge in [-0.15, -0.1) is 0 Å². The summed E-state index contributed by atoms with van der Waals surface area (Å²) in [6, 6.07) is 14.6. The van der Waals surface area contributed by atoms with Gasteiger partial charge in [0, 0.05) is 19.0 Å². The Labute approximate surface area is 154 Å². The predicted molar refractivity (Wildman–Crippen MR) is 100 cm³/mol. The Hall–Kier alpha value is -2.36. The van der Waals surface area contributed by atoms with E-state index >= 15 is 0 Å². The molecule has 1 saturated carbocycles. The molecule has 1 unspecified atom stereocenters. The first-order valence-corrected chi connectivity index (χ1v) is 9.23. The van der Waals surface area contributed by atoms with E-state index in [-0.39, 0.29) is 17.8 Å². The number of methoxy groups -OCH3 is 1. The first kappa shape index (κ1) is 18.4. The Morgan fingerprint density at radius 3 is 2.54 bits per heavy atom. The van der Waals surface area contributed by atoms with Crippen LogP contribution < -0.4 is 4.74 Å². The molecule has 4 heteroatoms. The van der Waals surface area contributed by atoms with Crippen LogP contribution >= 0.6 is 0 Å². The van der Waals surface area contributed by atoms with E-state index in [9.17, 15) is 9.18 Å². The molecule has 1 atom stereocenters. The Kier molecular flexibility index (Phi) is 5.92. The van der Waals surface area contributed by atoms with E-state index in [0.29, 0.717) is 25.3 Å². The number of carbonyl (C=O) groups excluding carboxylic acids is 1. The van der Waals surface area contributed by atoms with Crippen molar-refractivity contribution in [3.8, 4) is 5.75 Å². The standard InChI is InChI=1S/C22H26FNO2/c1-16(19-9-10-19)24(15-18-6-11-21(26-2)12-7-18)22(25)13-8-17-4-3-5-20(23)14-17/h3-7,11-12,14,16,19H,8-10,13,15H2,1-2H3. The fraction of sp³-hybridized carbons (Fsp3) is 0.409. The van der Waals surface area contributed by atoms with Crippen molar-refractivity contribution in [2.45, 2.75) is 45.2 Å². The average molecular weight is 355 g/mol. The van der Waals surface area contributed by atoms with Crippen LogP contribution in [0.2, 0.25) is 0 Å². The molecule has 0 saturated heterocycles. The lowest BCUT2D eigenvalue weighted by atomic mass is 10.1. The van der Waals surface area contributed by atoms with E-state index in [1.807, 2.05) is 35.2 Å². The van der Waals surface area contributed by atoms with Crippen LogP contribution in [0.5, 0.6) is 5.75 Å². The molecule has 1 amide bonds. The normalized spacial score (nSPS) is 14.7. The number of carbonyl (C=O) groups is 1. The van der Waals surface area contributed by atoms with Crippen LogP contribution in [0.25, 0.3) is 0 Å². The number of nitrogens with zero attached hydrogens (tertiary/aromatic N) is 1. The minimum atomic E-state index is -0.253. The minimum Gasteiger partial charge on any atom is -0.497 e. The maximum absolute atomic E-state index is 13.3. The molecule has 0 bridgehead atoms. The smallest absolute Gasteiger partial charge is 0.223 e. The lowest BCUT2D eigenvalue weighted by Gasteiger charge is -2.30. The maximum atomic E-state index is 13.3. The Morgan fingerprint density at radius 2 is 1.92 bits per heavy atom. The summed E-state index contributed by atoms with van der Waals surface area (Å²) < 4.78 is 18.5. The fourth-order valence-electron chi connectivity index (χ4n) is 3.31. The zero-order valence-electron chi connectivity index (χ0n) is 15.5. The molecule has 2 aromatic carbocycles. The van der Waals surface area contributed by atoms with E-state index < -0.39 is 0 Å². The molecule has 1 aliphatic rings. The van der Waals surface area contributed by atoms with Crippen LogP contribution in [0.15, 0.2) is 48.5 Å². The predicted octanol–water partition coefficient (Wildman–Crippen LogP) is 4.59. The van der Waals surface area contributed by atoms with Gasteiger partial charge in [-0.05, 0) is 67.5 Å². The third-order valence-electron chi connectivity index (χ3n) is 5.14. The van der Waals surface area contributed by atoms with Gasteiger partial charge in [0.15, 0.2) is 0 Å². The van der Waals surface area contributed by atoms with Crippen LogP contribution in [0, 0.1) is 11.7 Å². The molecule has 138 valence electrons. The molecular formula is C22H26FNO2. The van der Waals surface area contributed by atoms with Crippen LogP contribution in [0.4, 0.5) is 4.39 Å². The zero-order valence-corrected chi connectivity index (χ0v) is 15.5. The number of hydrogen-bond acceptors (Lipinski definition) is 2. The maximum Gasteiger partial charge on any atom is 0.223 e. The molecule has 1 fully saturated rings. The van der Waals surface area contributed by atoms with Crippen LogP contribution in [0.1, 0.15) is 37.3 Å². The molecule has 0 aliphatic heterocycles. The summed E-state index contributed by atoms with van der Waals surface area (Å²) in [4.78, 5) is 14.9. The van der Waals surface area contributed by atoms with Crippen LogP contribution in [0.3, 0.4) is 0 Å². The van der Waals surface area contributed by atoms with Crippen molar-refractivity contribution < 1.29 is 13.9 Å². The highest BCUT2D eigenvalue weighted by atomic mass is 19.1. The number of amides is 1. The summed E-state index contributed by atoms with van der Waals surface area (Å²) >= 11 is 0. The van der Waals surface area contributed by atoms with Gasteiger partial charge in [-0.3, -0.25) is 4.79 Å². The fourth-order valence-corrected chi connectivity index (χ4v) is 3.31. The molecule has 0 heterocycles. The molecule has 2 aromatic rings. The largest absolute Gasteiger partial charge is 0.497 e. The highest BCUT2D eigenvalue weighted by molar-refractivity contribution is 5.77. The quantitative estimate of drug-likeness (QED) is 0.693. The Morgan fingerprint density at radius 1 is 1.19 bits per heavy atom. The molecule has 3 rings (SSSR count). The molecular weight excluding hydrogens is 329 g/mol. The molecule has 1 aliphatic carbocycles. The summed E-state index contributed by atoms with van der Waals surface area (Å²) in [7, 11) is 1.65. The highest BCUT2D eigenvalue weighted by Gasteiger charge is 2.34. The second-order valence-corrected chi connectivity index (χ2v) is 7.08. The molecule has 0 radical (unpaired) electrons. The topological polar surface area (TPSA) is 29.5 Å². The lowest BCUT2D eigenvalue weighted by Crippen LogP contribution is -2.39. The summed E-state index contributed by atoms with van der Waals surface area (Å²) in [5.74, 6) is 1.29. The number of rotatable bonds is 8. The molecule has 0 aromatic heterocycles. The van der Waals surface area contributed by atoms with Gasteiger partial charge in [0.25, 0.3) is 0 Å². The van der Waals surface area contributed by atoms with Crippen molar-refractivity contribution in [3.63, 3.8) is 0 Å². The molecule has 0 spiro atoms. The number of halogens is 1. The van der Waals surface area contributed by atoms with E-state index in [1.165, 1.54) is 25.0 Å². The van der Waals surface area contributed by atoms with Gasteiger partial charge in [-0.1, -0.05) is 24.3 Å². The third-order valence-corrected chi connectivity index (χ3v) is 5.14. The first-order chi connectivity index (χ1) is 12.6. The second-order valence-electron chi connectivity index (χ2n) is 7.08. The first-order valence-electron chi connectivity index (χ1n) is 9.23. The minimum absolute atomic E-state index is 0.129. The van der Waals surface area contributed by atoms with Gasteiger partial charge in [0.1, 0.15) is 11.6 Å². The van der Waals surface area contributed by atoms with Crippen molar-refractivity contribution >= 4 is 5.91 Å². The number of ether oxygens (including phenoxy) is 1. The van der Waals surface area contributed by atoms with E-state index in [0.717, 1.165) is 16.9 Å². The van der Waals surface area contributed by atoms with Crippen molar-refractivity contribution in [2.24, 2.45) is 5.92 Å². The Balaban J connectivity index is 1.67. The van der Waals surface area contributed by atoms with Crippen molar-refractivity contribution in [3.05, 3.63) is 65.5 Å². The van der Waals surface area contributed by atoms with Gasteiger partial charge >= 0.3 is 0 Å². The summed E-state index contributed by atoms with van der Waals surface area (Å²) in [6.45, 7) is 2.74. The number of hydrogen-bond donors (Lipinski definition) is 0. The molecule has 3 nitrogen and oxygen atoms in total. The van der Waals surface area contributed by atoms with Gasteiger partial charge in [-0.25, -0.2) is 4.39 Å². The average Bonchev–Trinajstić information content (AvgIpc) is 3.49. The number of aryl methyl sites for hydroxylation is 1. The number of benzene rings is 2.